The number of hydrogen-bond acceptors (Lipinski definition) is 10. The van der Waals surface area contributed by atoms with Crippen LogP contribution in [0.1, 0.15) is 68.6 Å². The van der Waals surface area contributed by atoms with Crippen molar-refractivity contribution in [2.45, 2.75) is 75.5 Å². The standard InChI is InChI=1S/C41H50F2N10O3S/c1-27(2)36(52-18-12-28(13-19-52)30-7-10-35-37(23-30)51(5)49-39(35)50(4)17-16-38(54)45-3)11-8-29-22-34(9-6-31(29)24-44)57(55)53-20-14-32(15-21-53)48-41-46-25-33(26-47-41)56-40(42)43/h6-7,9-10,22-23,25-28,32,36,40H,12-21H2,1-5H3,(H,45,54)(H,46,47,48). The van der Waals surface area contributed by atoms with Crippen LogP contribution in [0.15, 0.2) is 53.7 Å². The summed E-state index contributed by atoms with van der Waals surface area (Å²) < 4.78 is 46.7. The van der Waals surface area contributed by atoms with Crippen LogP contribution < -0.4 is 20.3 Å². The van der Waals surface area contributed by atoms with Crippen LogP contribution in [0.5, 0.6) is 5.75 Å². The van der Waals surface area contributed by atoms with Gasteiger partial charge in [-0.05, 0) is 86.5 Å². The molecule has 2 aliphatic heterocycles. The summed E-state index contributed by atoms with van der Waals surface area (Å²) in [6.45, 7) is 4.87. The van der Waals surface area contributed by atoms with Crippen molar-refractivity contribution in [1.82, 2.24) is 34.3 Å². The number of halogens is 2. The fourth-order valence-electron chi connectivity index (χ4n) is 7.52. The van der Waals surface area contributed by atoms with Crippen LogP contribution in [0.2, 0.25) is 0 Å². The summed E-state index contributed by atoms with van der Waals surface area (Å²) in [5, 5.41) is 21.7. The number of carbonyl (C=O) groups excluding carboxylic acids is 1. The Morgan fingerprint density at radius 2 is 1.77 bits per heavy atom. The lowest BCUT2D eigenvalue weighted by atomic mass is 9.87. The molecule has 2 aromatic carbocycles. The zero-order valence-corrected chi connectivity index (χ0v) is 33.9. The monoisotopic (exact) mass is 800 g/mol. The van der Waals surface area contributed by atoms with E-state index in [1.165, 1.54) is 18.0 Å². The number of benzene rings is 2. The number of nitrogens with one attached hydrogen (secondary N) is 2. The smallest absolute Gasteiger partial charge is 0.387 e. The second-order valence-electron chi connectivity index (χ2n) is 14.9. The van der Waals surface area contributed by atoms with E-state index >= 15 is 0 Å². The molecule has 2 N–H and O–H groups in total. The fraction of sp³-hybridized carbons (Fsp3) is 0.488. The number of likely N-dealkylation sites (tertiary alicyclic amines) is 1. The number of piperidine rings is 2. The molecule has 57 heavy (non-hydrogen) atoms. The van der Waals surface area contributed by atoms with Crippen molar-refractivity contribution in [3.63, 3.8) is 0 Å². The number of ether oxygens (including phenoxy) is 1. The Morgan fingerprint density at radius 3 is 2.42 bits per heavy atom. The Bertz CT molecular complexity index is 2150. The minimum atomic E-state index is -2.94. The number of anilines is 2. The van der Waals surface area contributed by atoms with Crippen LogP contribution in [-0.2, 0) is 22.8 Å². The highest BCUT2D eigenvalue weighted by molar-refractivity contribution is 7.82. The van der Waals surface area contributed by atoms with Gasteiger partial charge in [0.05, 0.1) is 34.4 Å². The van der Waals surface area contributed by atoms with Gasteiger partial charge in [-0.1, -0.05) is 31.8 Å². The molecule has 0 bridgehead atoms. The number of amides is 1. The maximum absolute atomic E-state index is 13.7. The van der Waals surface area contributed by atoms with Gasteiger partial charge in [0.15, 0.2) is 11.6 Å². The Hall–Kier alpha value is -5.16. The molecule has 0 radical (unpaired) electrons. The lowest BCUT2D eigenvalue weighted by Gasteiger charge is -2.37. The van der Waals surface area contributed by atoms with Crippen LogP contribution in [0, 0.1) is 29.1 Å². The van der Waals surface area contributed by atoms with E-state index in [1.54, 1.807) is 25.2 Å². The molecule has 4 heterocycles. The van der Waals surface area contributed by atoms with E-state index in [0.29, 0.717) is 66.8 Å². The van der Waals surface area contributed by atoms with Gasteiger partial charge in [-0.15, -0.1) is 0 Å². The van der Waals surface area contributed by atoms with E-state index in [2.05, 4.69) is 80.2 Å². The molecule has 4 aromatic rings. The number of fused-ring (bicyclic) bond motifs is 1. The zero-order valence-electron chi connectivity index (χ0n) is 33.0. The lowest BCUT2D eigenvalue weighted by Crippen LogP contribution is -2.43. The molecule has 2 fully saturated rings. The molecular formula is C41H50F2N10O3S. The Kier molecular flexibility index (Phi) is 13.7. The largest absolute Gasteiger partial charge is 0.432 e. The molecule has 2 aliphatic rings. The number of hydrogen-bond donors (Lipinski definition) is 2. The highest BCUT2D eigenvalue weighted by atomic mass is 32.2. The molecule has 0 aliphatic carbocycles. The van der Waals surface area contributed by atoms with E-state index in [0.717, 1.165) is 42.7 Å². The van der Waals surface area contributed by atoms with E-state index in [-0.39, 0.29) is 29.7 Å². The summed E-state index contributed by atoms with van der Waals surface area (Å²) in [5.74, 6) is 8.54. The topological polar surface area (TPSA) is 145 Å². The zero-order chi connectivity index (χ0) is 40.6. The first-order valence-electron chi connectivity index (χ1n) is 19.3. The normalized spacial score (nSPS) is 16.8. The number of aromatic nitrogens is 4. The van der Waals surface area contributed by atoms with Gasteiger partial charge in [-0.25, -0.2) is 18.5 Å². The molecule has 2 saturated heterocycles. The number of carbonyl (C=O) groups is 1. The van der Waals surface area contributed by atoms with Gasteiger partial charge in [0.2, 0.25) is 11.9 Å². The van der Waals surface area contributed by atoms with Crippen molar-refractivity contribution < 1.29 is 22.5 Å². The Morgan fingerprint density at radius 1 is 1.05 bits per heavy atom. The SMILES string of the molecule is CNC(=O)CCN(C)c1nn(C)c2cc(C3CCN(C(C#Cc4cc(S(=O)N5CCC(Nc6ncc(OC(F)F)cn6)CC5)ccc4C#N)C(C)C)CC3)ccc12. The third-order valence-corrected chi connectivity index (χ3v) is 12.2. The van der Waals surface area contributed by atoms with Gasteiger partial charge in [0.25, 0.3) is 0 Å². The van der Waals surface area contributed by atoms with Crippen molar-refractivity contribution in [3.8, 4) is 23.7 Å². The molecular weight excluding hydrogens is 751 g/mol. The fourth-order valence-corrected chi connectivity index (χ4v) is 8.76. The Balaban J connectivity index is 1.07. The summed E-state index contributed by atoms with van der Waals surface area (Å²) in [7, 11) is 4.13. The molecule has 6 rings (SSSR count). The number of nitriles is 1. The first-order chi connectivity index (χ1) is 27.4. The van der Waals surface area contributed by atoms with E-state index < -0.39 is 17.6 Å². The molecule has 2 atom stereocenters. The third-order valence-electron chi connectivity index (χ3n) is 10.7. The van der Waals surface area contributed by atoms with Gasteiger partial charge in [0, 0.05) is 64.2 Å². The molecule has 302 valence electrons. The molecule has 1 amide bonds. The maximum atomic E-state index is 13.7. The summed E-state index contributed by atoms with van der Waals surface area (Å²) in [5.41, 5.74) is 3.38. The summed E-state index contributed by atoms with van der Waals surface area (Å²) in [6, 6.07) is 14.1. The van der Waals surface area contributed by atoms with E-state index in [1.807, 2.05) is 28.0 Å². The predicted molar refractivity (Wildman–Crippen MR) is 216 cm³/mol. The summed E-state index contributed by atoms with van der Waals surface area (Å²) in [4.78, 5) is 25.0. The first-order valence-corrected chi connectivity index (χ1v) is 20.4. The number of rotatable bonds is 13. The van der Waals surface area contributed by atoms with Crippen molar-refractivity contribution >= 4 is 39.6 Å². The number of nitrogens with zero attached hydrogens (tertiary/aromatic N) is 8. The van der Waals surface area contributed by atoms with Gasteiger partial charge in [-0.3, -0.25) is 14.4 Å². The van der Waals surface area contributed by atoms with Crippen molar-refractivity contribution in [2.24, 2.45) is 13.0 Å². The van der Waals surface area contributed by atoms with Gasteiger partial charge >= 0.3 is 6.61 Å². The Labute approximate surface area is 335 Å². The predicted octanol–water partition coefficient (Wildman–Crippen LogP) is 5.26. The number of aryl methyl sites for hydroxylation is 1. The highest BCUT2D eigenvalue weighted by Crippen LogP contribution is 2.34. The lowest BCUT2D eigenvalue weighted by molar-refractivity contribution is -0.120. The van der Waals surface area contributed by atoms with Gasteiger partial charge < -0.3 is 20.3 Å². The van der Waals surface area contributed by atoms with E-state index in [4.69, 9.17) is 5.10 Å². The quantitative estimate of drug-likeness (QED) is 0.172. The molecule has 2 aromatic heterocycles. The average molecular weight is 801 g/mol. The maximum Gasteiger partial charge on any atom is 0.387 e. The second kappa shape index (κ2) is 18.9. The van der Waals surface area contributed by atoms with Crippen LogP contribution in [0.25, 0.3) is 10.9 Å². The first kappa shape index (κ1) is 41.5. The van der Waals surface area contributed by atoms with Gasteiger partial charge in [-0.2, -0.15) is 19.1 Å². The molecule has 2 unspecified atom stereocenters. The second-order valence-corrected chi connectivity index (χ2v) is 16.4. The van der Waals surface area contributed by atoms with Crippen LogP contribution >= 0.6 is 0 Å². The highest BCUT2D eigenvalue weighted by Gasteiger charge is 2.28. The van der Waals surface area contributed by atoms with Crippen LogP contribution in [-0.4, -0.2) is 105 Å². The van der Waals surface area contributed by atoms with Gasteiger partial charge in [0.1, 0.15) is 17.1 Å². The molecule has 16 heteroatoms. The third kappa shape index (κ3) is 10.2. The van der Waals surface area contributed by atoms with Crippen LogP contribution in [0.3, 0.4) is 0 Å². The van der Waals surface area contributed by atoms with Crippen molar-refractivity contribution in [2.75, 3.05) is 57.0 Å². The van der Waals surface area contributed by atoms with E-state index in [9.17, 15) is 23.0 Å². The van der Waals surface area contributed by atoms with Crippen LogP contribution in [0.4, 0.5) is 20.5 Å². The van der Waals surface area contributed by atoms with Crippen molar-refractivity contribution in [1.29, 1.82) is 5.26 Å². The van der Waals surface area contributed by atoms with Crippen molar-refractivity contribution in [3.05, 3.63) is 65.5 Å². The minimum Gasteiger partial charge on any atom is -0.432 e. The molecule has 0 spiro atoms. The summed E-state index contributed by atoms with van der Waals surface area (Å²) in [6.07, 6.45) is 6.14. The minimum absolute atomic E-state index is 0.00209. The molecule has 0 saturated carbocycles. The average Bonchev–Trinajstić information content (AvgIpc) is 3.55. The molecule has 13 nitrogen and oxygen atoms in total. The summed E-state index contributed by atoms with van der Waals surface area (Å²) >= 11 is 0. The number of alkyl halides is 2.